The van der Waals surface area contributed by atoms with E-state index in [1.54, 1.807) is 21.3 Å². The van der Waals surface area contributed by atoms with Crippen LogP contribution in [0.2, 0.25) is 0 Å². The van der Waals surface area contributed by atoms with Gasteiger partial charge in [-0.1, -0.05) is 24.3 Å². The van der Waals surface area contributed by atoms with Crippen LogP contribution in [-0.2, 0) is 0 Å². The van der Waals surface area contributed by atoms with E-state index in [9.17, 15) is 0 Å². The van der Waals surface area contributed by atoms with Crippen molar-refractivity contribution in [2.45, 2.75) is 12.8 Å². The molecule has 4 nitrogen and oxygen atoms in total. The Morgan fingerprint density at radius 2 is 1.55 bits per heavy atom. The monoisotopic (exact) mass is 385 g/mol. The lowest BCUT2D eigenvalue weighted by atomic mass is 9.87. The minimum Gasteiger partial charge on any atom is -0.497 e. The number of benzene rings is 3. The first-order valence-electron chi connectivity index (χ1n) is 9.67. The maximum absolute atomic E-state index is 5.84. The van der Waals surface area contributed by atoms with Gasteiger partial charge in [-0.25, -0.2) is 0 Å². The second kappa shape index (κ2) is 6.59. The standard InChI is InChI=1S/C25H23NO3/c1-14-23(20-11-15(27-2)9-10-21(20)26-14)25-18-8-6-5-7-17(18)19-12-16(28-3)13-22(29-4)24(19)25/h5-13,25-26H,1-4H3. The lowest BCUT2D eigenvalue weighted by Gasteiger charge is -2.18. The number of nitrogens with one attached hydrogen (secondary N) is 1. The first kappa shape index (κ1) is 17.7. The summed E-state index contributed by atoms with van der Waals surface area (Å²) in [6.45, 7) is 2.14. The fourth-order valence-electron chi connectivity index (χ4n) is 4.68. The number of methoxy groups -OCH3 is 3. The van der Waals surface area contributed by atoms with E-state index in [2.05, 4.69) is 54.4 Å². The van der Waals surface area contributed by atoms with Gasteiger partial charge in [0.2, 0.25) is 0 Å². The number of aromatic amines is 1. The molecule has 5 rings (SSSR count). The summed E-state index contributed by atoms with van der Waals surface area (Å²) in [6.07, 6.45) is 0. The molecule has 0 spiro atoms. The van der Waals surface area contributed by atoms with Gasteiger partial charge in [0, 0.05) is 34.1 Å². The van der Waals surface area contributed by atoms with Crippen molar-refractivity contribution in [2.75, 3.05) is 21.3 Å². The molecule has 0 amide bonds. The van der Waals surface area contributed by atoms with Gasteiger partial charge in [-0.3, -0.25) is 0 Å². The molecule has 4 heteroatoms. The number of aromatic nitrogens is 1. The molecule has 29 heavy (non-hydrogen) atoms. The summed E-state index contributed by atoms with van der Waals surface area (Å²) in [5, 5.41) is 1.17. The quantitative estimate of drug-likeness (QED) is 0.434. The van der Waals surface area contributed by atoms with Gasteiger partial charge in [-0.2, -0.15) is 0 Å². The number of hydrogen-bond acceptors (Lipinski definition) is 3. The molecular weight excluding hydrogens is 362 g/mol. The first-order valence-corrected chi connectivity index (χ1v) is 9.67. The normalized spacial score (nSPS) is 14.6. The molecular formula is C25H23NO3. The van der Waals surface area contributed by atoms with E-state index in [0.717, 1.165) is 28.5 Å². The molecule has 1 aromatic heterocycles. The van der Waals surface area contributed by atoms with Gasteiger partial charge in [0.15, 0.2) is 0 Å². The van der Waals surface area contributed by atoms with Crippen molar-refractivity contribution in [3.05, 3.63) is 77.0 Å². The molecule has 1 unspecified atom stereocenters. The molecule has 1 N–H and O–H groups in total. The summed E-state index contributed by atoms with van der Waals surface area (Å²) < 4.78 is 16.9. The zero-order chi connectivity index (χ0) is 20.1. The Morgan fingerprint density at radius 1 is 0.759 bits per heavy atom. The van der Waals surface area contributed by atoms with Crippen molar-refractivity contribution in [3.63, 3.8) is 0 Å². The number of rotatable bonds is 4. The van der Waals surface area contributed by atoms with Crippen LogP contribution in [0.5, 0.6) is 17.2 Å². The number of H-pyrrole nitrogens is 1. The Morgan fingerprint density at radius 3 is 2.31 bits per heavy atom. The molecule has 1 aliphatic rings. The van der Waals surface area contributed by atoms with Crippen molar-refractivity contribution < 1.29 is 14.2 Å². The molecule has 3 aromatic carbocycles. The second-order valence-electron chi connectivity index (χ2n) is 7.39. The summed E-state index contributed by atoms with van der Waals surface area (Å²) in [5.41, 5.74) is 8.37. The third kappa shape index (κ3) is 2.52. The van der Waals surface area contributed by atoms with E-state index in [1.165, 1.54) is 33.2 Å². The number of hydrogen-bond donors (Lipinski definition) is 1. The van der Waals surface area contributed by atoms with Gasteiger partial charge in [0.25, 0.3) is 0 Å². The van der Waals surface area contributed by atoms with Crippen LogP contribution < -0.4 is 14.2 Å². The van der Waals surface area contributed by atoms with Crippen LogP contribution in [0.15, 0.2) is 54.6 Å². The molecule has 0 saturated heterocycles. The average Bonchev–Trinajstić information content (AvgIpc) is 3.25. The van der Waals surface area contributed by atoms with E-state index in [1.807, 2.05) is 12.1 Å². The third-order valence-electron chi connectivity index (χ3n) is 5.95. The predicted octanol–water partition coefficient (Wildman–Crippen LogP) is 5.66. The van der Waals surface area contributed by atoms with Gasteiger partial charge in [-0.05, 0) is 53.4 Å². The minimum absolute atomic E-state index is 0.0721. The summed E-state index contributed by atoms with van der Waals surface area (Å²) >= 11 is 0. The third-order valence-corrected chi connectivity index (χ3v) is 5.95. The molecule has 0 saturated carbocycles. The molecule has 0 bridgehead atoms. The smallest absolute Gasteiger partial charge is 0.127 e. The number of aryl methyl sites for hydroxylation is 1. The number of fused-ring (bicyclic) bond motifs is 4. The molecule has 4 aromatic rings. The Bertz CT molecular complexity index is 1240. The van der Waals surface area contributed by atoms with Crippen molar-refractivity contribution in [1.82, 2.24) is 4.98 Å². The molecule has 146 valence electrons. The topological polar surface area (TPSA) is 43.5 Å². The Kier molecular flexibility index (Phi) is 4.02. The highest BCUT2D eigenvalue weighted by atomic mass is 16.5. The van der Waals surface area contributed by atoms with Gasteiger partial charge >= 0.3 is 0 Å². The van der Waals surface area contributed by atoms with Crippen LogP contribution in [0.3, 0.4) is 0 Å². The maximum atomic E-state index is 5.84. The fourth-order valence-corrected chi connectivity index (χ4v) is 4.68. The minimum atomic E-state index is 0.0721. The Balaban J connectivity index is 1.86. The maximum Gasteiger partial charge on any atom is 0.127 e. The highest BCUT2D eigenvalue weighted by Gasteiger charge is 2.35. The molecule has 0 aliphatic heterocycles. The molecule has 1 atom stereocenters. The van der Waals surface area contributed by atoms with Crippen LogP contribution in [0.4, 0.5) is 0 Å². The Hall–Kier alpha value is -3.40. The summed E-state index contributed by atoms with van der Waals surface area (Å²) in [6, 6.07) is 18.9. The molecule has 1 aliphatic carbocycles. The van der Waals surface area contributed by atoms with Crippen LogP contribution in [0.1, 0.15) is 28.3 Å². The van der Waals surface area contributed by atoms with E-state index in [4.69, 9.17) is 14.2 Å². The fraction of sp³-hybridized carbons (Fsp3) is 0.200. The zero-order valence-corrected chi connectivity index (χ0v) is 17.0. The van der Waals surface area contributed by atoms with Crippen LogP contribution in [-0.4, -0.2) is 26.3 Å². The zero-order valence-electron chi connectivity index (χ0n) is 17.0. The van der Waals surface area contributed by atoms with E-state index < -0.39 is 0 Å². The van der Waals surface area contributed by atoms with E-state index >= 15 is 0 Å². The summed E-state index contributed by atoms with van der Waals surface area (Å²) in [7, 11) is 5.12. The summed E-state index contributed by atoms with van der Waals surface area (Å²) in [4.78, 5) is 3.56. The van der Waals surface area contributed by atoms with Crippen molar-refractivity contribution in [2.24, 2.45) is 0 Å². The van der Waals surface area contributed by atoms with Gasteiger partial charge < -0.3 is 19.2 Å². The predicted molar refractivity (Wildman–Crippen MR) is 116 cm³/mol. The highest BCUT2D eigenvalue weighted by Crippen LogP contribution is 2.54. The van der Waals surface area contributed by atoms with Crippen LogP contribution in [0.25, 0.3) is 22.0 Å². The molecule has 1 heterocycles. The highest BCUT2D eigenvalue weighted by molar-refractivity contribution is 5.92. The second-order valence-corrected chi connectivity index (χ2v) is 7.39. The van der Waals surface area contributed by atoms with Gasteiger partial charge in [0.1, 0.15) is 17.2 Å². The van der Waals surface area contributed by atoms with Crippen LogP contribution in [0, 0.1) is 6.92 Å². The first-order chi connectivity index (χ1) is 14.2. The summed E-state index contributed by atoms with van der Waals surface area (Å²) in [5.74, 6) is 2.57. The lowest BCUT2D eigenvalue weighted by Crippen LogP contribution is -2.03. The van der Waals surface area contributed by atoms with Crippen molar-refractivity contribution in [3.8, 4) is 28.4 Å². The van der Waals surface area contributed by atoms with E-state index in [-0.39, 0.29) is 5.92 Å². The molecule has 0 radical (unpaired) electrons. The average molecular weight is 385 g/mol. The van der Waals surface area contributed by atoms with Crippen molar-refractivity contribution in [1.29, 1.82) is 0 Å². The van der Waals surface area contributed by atoms with Crippen molar-refractivity contribution >= 4 is 10.9 Å². The lowest BCUT2D eigenvalue weighted by molar-refractivity contribution is 0.391. The largest absolute Gasteiger partial charge is 0.497 e. The van der Waals surface area contributed by atoms with E-state index in [0.29, 0.717) is 0 Å². The molecule has 0 fully saturated rings. The number of ether oxygens (including phenoxy) is 3. The SMILES string of the molecule is COc1cc(OC)c2c(c1)-c1ccccc1C2c1c(C)[nH]c2ccc(OC)cc12. The van der Waals surface area contributed by atoms with Gasteiger partial charge in [0.05, 0.1) is 21.3 Å². The van der Waals surface area contributed by atoms with Crippen LogP contribution >= 0.6 is 0 Å². The van der Waals surface area contributed by atoms with Gasteiger partial charge in [-0.15, -0.1) is 0 Å². The Labute approximate surface area is 170 Å².